The smallest absolute Gasteiger partial charge is 0.275 e. The Balaban J connectivity index is 0.862. The van der Waals surface area contributed by atoms with Gasteiger partial charge in [-0.15, -0.1) is 0 Å². The third-order valence-corrected chi connectivity index (χ3v) is 11.5. The van der Waals surface area contributed by atoms with E-state index < -0.39 is 11.9 Å². The largest absolute Gasteiger partial charge is 0.490 e. The number of carbonyl (C=O) groups is 3. The highest BCUT2D eigenvalue weighted by Crippen LogP contribution is 2.30. The lowest BCUT2D eigenvalue weighted by Gasteiger charge is -2.40. The zero-order chi connectivity index (χ0) is 40.1. The number of aromatic nitrogens is 2. The standard InChI is InChI=1S/C43H47ClN8O5/c1-27(16-18-50(19-17-45)34-9-13-37-31(21-34)24-47-52(43(37)56)39-14-15-40(53)49-42(39)55)20-28-25-51(26-28)33-7-2-29(3-8-33)41(54)48-32-5-11-35(12-6-32)57-36-10-4-30(23-46)38(44)22-36/h2-4,7-10,13,20-22,24,28,32,35,39H,5-6,11-12,14-19,25-26,45H2,1H3,(H,48,54)(H,49,53,55)/b27-20+/t32-,35-,39?. The molecule has 0 bridgehead atoms. The number of nitrogens with one attached hydrogen (secondary N) is 2. The van der Waals surface area contributed by atoms with E-state index in [1.165, 1.54) is 10.3 Å². The summed E-state index contributed by atoms with van der Waals surface area (Å²) in [5, 5.41) is 20.4. The van der Waals surface area contributed by atoms with Gasteiger partial charge in [0.05, 0.1) is 28.3 Å². The summed E-state index contributed by atoms with van der Waals surface area (Å²) in [6.07, 6.45) is 8.54. The van der Waals surface area contributed by atoms with Gasteiger partial charge in [-0.1, -0.05) is 23.3 Å². The number of fused-ring (bicyclic) bond motifs is 1. The van der Waals surface area contributed by atoms with Crippen molar-refractivity contribution in [3.63, 3.8) is 0 Å². The molecule has 3 amide bonds. The first-order valence-corrected chi connectivity index (χ1v) is 20.0. The normalized spacial score (nSPS) is 20.1. The molecule has 0 spiro atoms. The van der Waals surface area contributed by atoms with Crippen molar-refractivity contribution in [1.29, 1.82) is 5.26 Å². The van der Waals surface area contributed by atoms with E-state index in [4.69, 9.17) is 27.3 Å². The van der Waals surface area contributed by atoms with Crippen LogP contribution in [0.2, 0.25) is 5.02 Å². The highest BCUT2D eigenvalue weighted by molar-refractivity contribution is 6.31. The number of piperidine rings is 1. The molecule has 4 N–H and O–H groups in total. The first kappa shape index (κ1) is 39.5. The van der Waals surface area contributed by atoms with E-state index in [0.29, 0.717) is 51.7 Å². The summed E-state index contributed by atoms with van der Waals surface area (Å²) in [5.41, 5.74) is 10.0. The molecule has 0 radical (unpaired) electrons. The van der Waals surface area contributed by atoms with Gasteiger partial charge in [0.1, 0.15) is 17.9 Å². The molecule has 7 rings (SSSR count). The minimum atomic E-state index is -0.807. The molecule has 13 nitrogen and oxygen atoms in total. The number of halogens is 1. The molecule has 296 valence electrons. The van der Waals surface area contributed by atoms with Crippen LogP contribution >= 0.6 is 11.6 Å². The molecular weight excluding hydrogens is 744 g/mol. The third kappa shape index (κ3) is 9.30. The summed E-state index contributed by atoms with van der Waals surface area (Å²) in [5.74, 6) is 0.171. The van der Waals surface area contributed by atoms with Crippen LogP contribution in [-0.4, -0.2) is 72.4 Å². The van der Waals surface area contributed by atoms with E-state index >= 15 is 0 Å². The van der Waals surface area contributed by atoms with Crippen LogP contribution in [0, 0.1) is 17.2 Å². The Labute approximate surface area is 336 Å². The lowest BCUT2D eigenvalue weighted by Crippen LogP contribution is -2.46. The van der Waals surface area contributed by atoms with Crippen molar-refractivity contribution in [2.24, 2.45) is 11.7 Å². The Morgan fingerprint density at radius 3 is 2.53 bits per heavy atom. The SMILES string of the molecule is C/C(=C\C1CN(c2ccc(C(=O)N[C@H]3CC[C@H](Oc4ccc(C#N)c(Cl)c4)CC3)cc2)C1)CCN(CCN)c1ccc2c(=O)n(C3CCC(=O)NC3=O)ncc2c1. The van der Waals surface area contributed by atoms with E-state index in [0.717, 1.165) is 63.1 Å². The van der Waals surface area contributed by atoms with Crippen LogP contribution in [-0.2, 0) is 9.59 Å². The molecule has 3 fully saturated rings. The van der Waals surface area contributed by atoms with Gasteiger partial charge >= 0.3 is 0 Å². The monoisotopic (exact) mass is 790 g/mol. The Hall–Kier alpha value is -5.71. The van der Waals surface area contributed by atoms with Crippen molar-refractivity contribution in [2.75, 3.05) is 42.5 Å². The molecule has 3 heterocycles. The predicted octanol–water partition coefficient (Wildman–Crippen LogP) is 5.26. The summed E-state index contributed by atoms with van der Waals surface area (Å²) in [7, 11) is 0. The van der Waals surface area contributed by atoms with Crippen LogP contribution in [0.3, 0.4) is 0 Å². The van der Waals surface area contributed by atoms with E-state index in [1.54, 1.807) is 30.5 Å². The van der Waals surface area contributed by atoms with Gasteiger partial charge in [-0.25, -0.2) is 4.68 Å². The number of hydrogen-bond donors (Lipinski definition) is 3. The molecule has 1 atom stereocenters. The highest BCUT2D eigenvalue weighted by Gasteiger charge is 2.30. The number of rotatable bonds is 13. The van der Waals surface area contributed by atoms with Crippen LogP contribution in [0.5, 0.6) is 5.75 Å². The van der Waals surface area contributed by atoms with Gasteiger partial charge in [0.2, 0.25) is 5.91 Å². The van der Waals surface area contributed by atoms with Gasteiger partial charge in [-0.2, -0.15) is 10.4 Å². The fourth-order valence-corrected chi connectivity index (χ4v) is 8.12. The van der Waals surface area contributed by atoms with Crippen molar-refractivity contribution in [3.05, 3.63) is 105 Å². The maximum absolute atomic E-state index is 13.3. The number of nitriles is 1. The van der Waals surface area contributed by atoms with Crippen LogP contribution < -0.4 is 36.5 Å². The third-order valence-electron chi connectivity index (χ3n) is 11.1. The average Bonchev–Trinajstić information content (AvgIpc) is 3.19. The van der Waals surface area contributed by atoms with E-state index in [2.05, 4.69) is 44.6 Å². The first-order valence-electron chi connectivity index (χ1n) is 19.6. The highest BCUT2D eigenvalue weighted by atomic mass is 35.5. The number of imide groups is 1. The van der Waals surface area contributed by atoms with Gasteiger partial charge in [-0.3, -0.25) is 24.5 Å². The number of ether oxygens (including phenoxy) is 1. The van der Waals surface area contributed by atoms with E-state index in [1.807, 2.05) is 36.4 Å². The molecule has 57 heavy (non-hydrogen) atoms. The fraction of sp³-hybridized carbons (Fsp3) is 0.395. The summed E-state index contributed by atoms with van der Waals surface area (Å²) < 4.78 is 7.27. The predicted molar refractivity (Wildman–Crippen MR) is 220 cm³/mol. The van der Waals surface area contributed by atoms with Crippen LogP contribution in [0.25, 0.3) is 10.8 Å². The summed E-state index contributed by atoms with van der Waals surface area (Å²) in [6.45, 7) is 5.85. The molecule has 1 unspecified atom stereocenters. The number of hydrogen-bond acceptors (Lipinski definition) is 10. The zero-order valence-electron chi connectivity index (χ0n) is 32.0. The molecule has 3 aliphatic rings. The molecule has 2 saturated heterocycles. The number of anilines is 2. The lowest BCUT2D eigenvalue weighted by molar-refractivity contribution is -0.136. The molecule has 2 aliphatic heterocycles. The summed E-state index contributed by atoms with van der Waals surface area (Å²) in [6, 6.07) is 19.9. The molecule has 1 aromatic heterocycles. The van der Waals surface area contributed by atoms with Gasteiger partial charge in [0.15, 0.2) is 0 Å². The minimum Gasteiger partial charge on any atom is -0.490 e. The molecule has 14 heteroatoms. The van der Waals surface area contributed by atoms with E-state index in [-0.39, 0.29) is 42.4 Å². The van der Waals surface area contributed by atoms with Crippen molar-refractivity contribution < 1.29 is 19.1 Å². The van der Waals surface area contributed by atoms with Gasteiger partial charge in [0, 0.05) is 79.5 Å². The second kappa shape index (κ2) is 17.6. The quantitative estimate of drug-likeness (QED) is 0.120. The van der Waals surface area contributed by atoms with Crippen LogP contribution in [0.15, 0.2) is 83.3 Å². The molecule has 4 aromatic rings. The lowest BCUT2D eigenvalue weighted by atomic mass is 9.92. The van der Waals surface area contributed by atoms with Crippen molar-refractivity contribution in [2.45, 2.75) is 70.1 Å². The van der Waals surface area contributed by atoms with Crippen molar-refractivity contribution in [3.8, 4) is 11.8 Å². The van der Waals surface area contributed by atoms with Crippen molar-refractivity contribution in [1.82, 2.24) is 20.4 Å². The van der Waals surface area contributed by atoms with E-state index in [9.17, 15) is 19.2 Å². The second-order valence-corrected chi connectivity index (χ2v) is 15.6. The topological polar surface area (TPSA) is 176 Å². The molecule has 1 saturated carbocycles. The Morgan fingerprint density at radius 1 is 1.05 bits per heavy atom. The van der Waals surface area contributed by atoms with Crippen molar-refractivity contribution >= 4 is 51.5 Å². The number of carbonyl (C=O) groups excluding carboxylic acids is 3. The minimum absolute atomic E-state index is 0.0424. The summed E-state index contributed by atoms with van der Waals surface area (Å²) >= 11 is 6.15. The van der Waals surface area contributed by atoms with Gasteiger partial charge in [-0.05, 0) is 100 Å². The maximum atomic E-state index is 13.3. The number of nitrogens with zero attached hydrogens (tertiary/aromatic N) is 5. The Kier molecular flexibility index (Phi) is 12.2. The molecule has 1 aliphatic carbocycles. The fourth-order valence-electron chi connectivity index (χ4n) is 7.91. The second-order valence-electron chi connectivity index (χ2n) is 15.2. The number of amides is 3. The molecular formula is C43H47ClN8O5. The maximum Gasteiger partial charge on any atom is 0.275 e. The molecule has 3 aromatic carbocycles. The average molecular weight is 791 g/mol. The number of nitrogens with two attached hydrogens (primary N) is 1. The zero-order valence-corrected chi connectivity index (χ0v) is 32.7. The Bertz CT molecular complexity index is 2270. The van der Waals surface area contributed by atoms with Gasteiger partial charge < -0.3 is 25.6 Å². The van der Waals surface area contributed by atoms with Crippen LogP contribution in [0.4, 0.5) is 11.4 Å². The number of benzene rings is 3. The Morgan fingerprint density at radius 2 is 1.82 bits per heavy atom. The first-order chi connectivity index (χ1) is 27.6. The van der Waals surface area contributed by atoms with Crippen LogP contribution in [0.1, 0.15) is 73.8 Å². The van der Waals surface area contributed by atoms with Gasteiger partial charge in [0.25, 0.3) is 17.4 Å². The summed E-state index contributed by atoms with van der Waals surface area (Å²) in [4.78, 5) is 54.8.